The average Bonchev–Trinajstić information content (AvgIpc) is 3.32. The Kier molecular flexibility index (Phi) is 6.75. The van der Waals surface area contributed by atoms with Gasteiger partial charge in [0.05, 0.1) is 24.5 Å². The second kappa shape index (κ2) is 10.3. The van der Waals surface area contributed by atoms with Crippen molar-refractivity contribution in [1.82, 2.24) is 24.9 Å². The lowest BCUT2D eigenvalue weighted by atomic mass is 10.1. The summed E-state index contributed by atoms with van der Waals surface area (Å²) in [7, 11) is 1.44. The van der Waals surface area contributed by atoms with E-state index in [1.54, 1.807) is 31.2 Å². The van der Waals surface area contributed by atoms with Crippen molar-refractivity contribution < 1.29 is 23.5 Å². The zero-order valence-electron chi connectivity index (χ0n) is 20.6. The van der Waals surface area contributed by atoms with E-state index in [1.807, 2.05) is 0 Å². The third kappa shape index (κ3) is 4.91. The molecule has 1 aromatic carbocycles. The Balaban J connectivity index is 1.61. The molecule has 0 radical (unpaired) electrons. The fourth-order valence-electron chi connectivity index (χ4n) is 4.08. The number of amides is 2. The molecule has 5 rings (SSSR count). The molecule has 0 saturated heterocycles. The molecule has 0 fully saturated rings. The van der Waals surface area contributed by atoms with Gasteiger partial charge in [-0.1, -0.05) is 12.1 Å². The predicted molar refractivity (Wildman–Crippen MR) is 137 cm³/mol. The molecule has 1 aliphatic heterocycles. The van der Waals surface area contributed by atoms with E-state index in [4.69, 9.17) is 15.2 Å². The molecular formula is C25H25FN8O4. The van der Waals surface area contributed by atoms with Gasteiger partial charge in [-0.3, -0.25) is 9.59 Å². The highest BCUT2D eigenvalue weighted by Gasteiger charge is 2.23. The number of benzene rings is 1. The van der Waals surface area contributed by atoms with Crippen LogP contribution in [0.25, 0.3) is 16.8 Å². The number of nitrogens with zero attached hydrogens (tertiary/aromatic N) is 4. The average molecular weight is 521 g/mol. The number of aromatic nitrogens is 4. The number of hydrogen-bond acceptors (Lipinski definition) is 9. The normalized spacial score (nSPS) is 15.3. The quantitative estimate of drug-likeness (QED) is 0.317. The van der Waals surface area contributed by atoms with Crippen LogP contribution in [0.2, 0.25) is 0 Å². The number of nitrogens with one attached hydrogen (secondary N) is 3. The molecule has 12 nitrogen and oxygen atoms in total. The highest BCUT2D eigenvalue weighted by molar-refractivity contribution is 6.01. The van der Waals surface area contributed by atoms with Gasteiger partial charge >= 0.3 is 0 Å². The maximum Gasteiger partial charge on any atom is 0.256 e. The molecule has 1 aliphatic rings. The van der Waals surface area contributed by atoms with Crippen molar-refractivity contribution in [2.24, 2.45) is 0 Å². The Morgan fingerprint density at radius 2 is 2.08 bits per heavy atom. The minimum atomic E-state index is -0.522. The number of ether oxygens (including phenoxy) is 2. The van der Waals surface area contributed by atoms with Crippen LogP contribution in [0.3, 0.4) is 0 Å². The lowest BCUT2D eigenvalue weighted by molar-refractivity contribution is -0.119. The lowest BCUT2D eigenvalue weighted by Gasteiger charge is -2.18. The SMILES string of the molecule is COCC(=O)Nc1ccc(-c2c3nc4c(cnn4c2N)C(=O)NC[C@H](C)Oc2ncc(F)cc2CN3)cc1. The third-order valence-electron chi connectivity index (χ3n) is 5.86. The monoisotopic (exact) mass is 520 g/mol. The maximum absolute atomic E-state index is 14.1. The largest absolute Gasteiger partial charge is 0.473 e. The first-order valence-corrected chi connectivity index (χ1v) is 11.7. The minimum absolute atomic E-state index is 0.0714. The van der Waals surface area contributed by atoms with Crippen molar-refractivity contribution in [3.05, 3.63) is 59.7 Å². The number of nitrogen functional groups attached to an aromatic ring is 1. The zero-order chi connectivity index (χ0) is 26.8. The van der Waals surface area contributed by atoms with E-state index >= 15 is 0 Å². The molecule has 2 bridgehead atoms. The Hall–Kier alpha value is -4.78. The first-order chi connectivity index (χ1) is 18.3. The fraction of sp³-hybridized carbons (Fsp3) is 0.240. The summed E-state index contributed by atoms with van der Waals surface area (Å²) in [5.74, 6) is -0.417. The van der Waals surface area contributed by atoms with E-state index in [-0.39, 0.29) is 48.5 Å². The van der Waals surface area contributed by atoms with E-state index in [0.29, 0.717) is 28.2 Å². The van der Waals surface area contributed by atoms with E-state index in [2.05, 4.69) is 31.0 Å². The van der Waals surface area contributed by atoms with Crippen molar-refractivity contribution in [1.29, 1.82) is 0 Å². The predicted octanol–water partition coefficient (Wildman–Crippen LogP) is 2.22. The summed E-state index contributed by atoms with van der Waals surface area (Å²) < 4.78 is 26.2. The topological polar surface area (TPSA) is 158 Å². The van der Waals surface area contributed by atoms with Crippen LogP contribution >= 0.6 is 0 Å². The van der Waals surface area contributed by atoms with Gasteiger partial charge < -0.3 is 31.2 Å². The number of halogens is 1. The summed E-state index contributed by atoms with van der Waals surface area (Å²) in [5.41, 5.74) is 9.23. The molecule has 5 N–H and O–H groups in total. The zero-order valence-corrected chi connectivity index (χ0v) is 20.6. The van der Waals surface area contributed by atoms with Crippen molar-refractivity contribution in [3.8, 4) is 17.0 Å². The van der Waals surface area contributed by atoms with Crippen LogP contribution in [0.4, 0.5) is 21.7 Å². The van der Waals surface area contributed by atoms with Gasteiger partial charge in [0, 0.05) is 24.9 Å². The molecule has 0 unspecified atom stereocenters. The molecule has 0 saturated carbocycles. The molecule has 3 aromatic heterocycles. The van der Waals surface area contributed by atoms with Crippen LogP contribution in [0.15, 0.2) is 42.7 Å². The van der Waals surface area contributed by atoms with E-state index in [1.165, 1.54) is 23.9 Å². The number of pyridine rings is 1. The minimum Gasteiger partial charge on any atom is -0.473 e. The molecule has 4 aromatic rings. The molecule has 1 atom stereocenters. The number of hydrogen-bond donors (Lipinski definition) is 4. The number of methoxy groups -OCH3 is 1. The number of carbonyl (C=O) groups is 2. The Morgan fingerprint density at radius 3 is 2.84 bits per heavy atom. The van der Waals surface area contributed by atoms with Gasteiger partial charge in [0.2, 0.25) is 11.8 Å². The molecule has 196 valence electrons. The Bertz CT molecular complexity index is 1520. The fourth-order valence-corrected chi connectivity index (χ4v) is 4.08. The van der Waals surface area contributed by atoms with E-state index < -0.39 is 17.8 Å². The smallest absolute Gasteiger partial charge is 0.256 e. The van der Waals surface area contributed by atoms with Crippen LogP contribution in [-0.4, -0.2) is 57.8 Å². The van der Waals surface area contributed by atoms with Gasteiger partial charge in [-0.05, 0) is 30.7 Å². The van der Waals surface area contributed by atoms with E-state index in [9.17, 15) is 14.0 Å². The summed E-state index contributed by atoms with van der Waals surface area (Å²) in [6, 6.07) is 8.27. The number of nitrogens with two attached hydrogens (primary N) is 1. The van der Waals surface area contributed by atoms with Crippen LogP contribution in [0, 0.1) is 5.82 Å². The first-order valence-electron chi connectivity index (χ1n) is 11.7. The van der Waals surface area contributed by atoms with E-state index in [0.717, 1.165) is 6.20 Å². The highest BCUT2D eigenvalue weighted by atomic mass is 19.1. The van der Waals surface area contributed by atoms with Crippen LogP contribution in [0.1, 0.15) is 22.8 Å². The van der Waals surface area contributed by atoms with Crippen molar-refractivity contribution in [2.75, 3.05) is 36.6 Å². The Labute approximate surface area is 216 Å². The van der Waals surface area contributed by atoms with Gasteiger partial charge in [-0.2, -0.15) is 9.61 Å². The van der Waals surface area contributed by atoms with Crippen LogP contribution < -0.4 is 26.4 Å². The number of carbonyl (C=O) groups excluding carboxylic acids is 2. The summed E-state index contributed by atoms with van der Waals surface area (Å²) in [5, 5.41) is 13.0. The van der Waals surface area contributed by atoms with Gasteiger partial charge in [0.25, 0.3) is 5.91 Å². The van der Waals surface area contributed by atoms with Crippen LogP contribution in [-0.2, 0) is 16.1 Å². The Morgan fingerprint density at radius 1 is 1.29 bits per heavy atom. The van der Waals surface area contributed by atoms with Crippen molar-refractivity contribution in [2.45, 2.75) is 19.6 Å². The molecule has 13 heteroatoms. The first kappa shape index (κ1) is 24.9. The summed E-state index contributed by atoms with van der Waals surface area (Å²) in [6.07, 6.45) is 2.02. The summed E-state index contributed by atoms with van der Waals surface area (Å²) in [6.45, 7) is 1.98. The molecular weight excluding hydrogens is 495 g/mol. The number of fused-ring (bicyclic) bond motifs is 2. The third-order valence-corrected chi connectivity index (χ3v) is 5.86. The molecule has 0 spiro atoms. The van der Waals surface area contributed by atoms with Crippen LogP contribution in [0.5, 0.6) is 5.88 Å². The number of anilines is 3. The molecule has 0 aliphatic carbocycles. The van der Waals surface area contributed by atoms with Gasteiger partial charge in [0.1, 0.15) is 35.7 Å². The second-order valence-electron chi connectivity index (χ2n) is 8.68. The van der Waals surface area contributed by atoms with Gasteiger partial charge in [-0.15, -0.1) is 0 Å². The van der Waals surface area contributed by atoms with Gasteiger partial charge in [-0.25, -0.2) is 14.4 Å². The lowest BCUT2D eigenvalue weighted by Crippen LogP contribution is -2.33. The standard InChI is InChI=1S/C25H25FN8O4/c1-13-8-29-24(36)18-11-31-34-21(27)20(14-3-5-17(6-4-14)32-19(35)12-37-2)22(33-23(18)34)28-9-15-7-16(26)10-30-25(15)38-13/h3-7,10-11,13H,8-9,12,27H2,1-2H3,(H,28,33)(H,29,36)(H,32,35)/t13-/m0/s1. The highest BCUT2D eigenvalue weighted by Crippen LogP contribution is 2.35. The maximum atomic E-state index is 14.1. The van der Waals surface area contributed by atoms with Crippen molar-refractivity contribution >= 4 is 34.8 Å². The van der Waals surface area contributed by atoms with Crippen molar-refractivity contribution in [3.63, 3.8) is 0 Å². The summed E-state index contributed by atoms with van der Waals surface area (Å²) >= 11 is 0. The molecule has 4 heterocycles. The summed E-state index contributed by atoms with van der Waals surface area (Å²) in [4.78, 5) is 33.6. The molecule has 2 amide bonds. The second-order valence-corrected chi connectivity index (χ2v) is 8.68. The molecule has 38 heavy (non-hydrogen) atoms. The number of rotatable bonds is 4. The van der Waals surface area contributed by atoms with Gasteiger partial charge in [0.15, 0.2) is 5.65 Å².